The number of rotatable bonds is 5. The SMILES string of the molecule is CC(CC1CCCCCN1)NC(C)C(=O)N1CCOCC1. The van der Waals surface area contributed by atoms with Crippen LogP contribution in [0.1, 0.15) is 46.0 Å². The fourth-order valence-corrected chi connectivity index (χ4v) is 3.35. The Hall–Kier alpha value is -0.650. The summed E-state index contributed by atoms with van der Waals surface area (Å²) in [7, 11) is 0. The molecule has 0 aromatic rings. The van der Waals surface area contributed by atoms with Gasteiger partial charge in [0.1, 0.15) is 0 Å². The molecule has 3 atom stereocenters. The van der Waals surface area contributed by atoms with E-state index in [1.54, 1.807) is 0 Å². The molecule has 1 amide bonds. The number of ether oxygens (including phenoxy) is 1. The van der Waals surface area contributed by atoms with Gasteiger partial charge in [0.05, 0.1) is 19.3 Å². The van der Waals surface area contributed by atoms with E-state index in [0.717, 1.165) is 26.1 Å². The first-order valence-corrected chi connectivity index (χ1v) is 8.53. The van der Waals surface area contributed by atoms with Crippen molar-refractivity contribution in [3.63, 3.8) is 0 Å². The average Bonchev–Trinajstić information content (AvgIpc) is 2.75. The van der Waals surface area contributed by atoms with Crippen LogP contribution in [0, 0.1) is 0 Å². The van der Waals surface area contributed by atoms with Crippen LogP contribution in [0.15, 0.2) is 0 Å². The van der Waals surface area contributed by atoms with Crippen molar-refractivity contribution >= 4 is 5.91 Å². The predicted molar refractivity (Wildman–Crippen MR) is 84.3 cm³/mol. The molecule has 0 aromatic heterocycles. The molecule has 2 fully saturated rings. The Labute approximate surface area is 128 Å². The molecule has 2 heterocycles. The molecule has 0 saturated carbocycles. The zero-order valence-corrected chi connectivity index (χ0v) is 13.6. The summed E-state index contributed by atoms with van der Waals surface area (Å²) in [6.45, 7) is 8.09. The van der Waals surface area contributed by atoms with Crippen LogP contribution in [0.2, 0.25) is 0 Å². The van der Waals surface area contributed by atoms with Crippen molar-refractivity contribution in [1.29, 1.82) is 0 Å². The Kier molecular flexibility index (Phi) is 6.93. The number of carbonyl (C=O) groups excluding carboxylic acids is 1. The lowest BCUT2D eigenvalue weighted by Crippen LogP contribution is -2.51. The van der Waals surface area contributed by atoms with Gasteiger partial charge in [0, 0.05) is 25.2 Å². The predicted octanol–water partition coefficient (Wildman–Crippen LogP) is 1.13. The van der Waals surface area contributed by atoms with Crippen molar-refractivity contribution in [3.05, 3.63) is 0 Å². The van der Waals surface area contributed by atoms with E-state index in [4.69, 9.17) is 4.74 Å². The summed E-state index contributed by atoms with van der Waals surface area (Å²) in [6.07, 6.45) is 6.33. The lowest BCUT2D eigenvalue weighted by Gasteiger charge is -2.31. The van der Waals surface area contributed by atoms with E-state index in [2.05, 4.69) is 17.6 Å². The van der Waals surface area contributed by atoms with Crippen LogP contribution in [-0.4, -0.2) is 61.8 Å². The Balaban J connectivity index is 1.72. The van der Waals surface area contributed by atoms with Gasteiger partial charge in [-0.25, -0.2) is 0 Å². The van der Waals surface area contributed by atoms with Gasteiger partial charge < -0.3 is 20.3 Å². The maximum absolute atomic E-state index is 12.4. The Bertz CT molecular complexity index is 311. The summed E-state index contributed by atoms with van der Waals surface area (Å²) in [5, 5.41) is 7.10. The molecule has 5 heteroatoms. The molecule has 2 aliphatic heterocycles. The van der Waals surface area contributed by atoms with Crippen LogP contribution in [0.25, 0.3) is 0 Å². The first-order chi connectivity index (χ1) is 10.2. The lowest BCUT2D eigenvalue weighted by molar-refractivity contribution is -0.137. The van der Waals surface area contributed by atoms with Gasteiger partial charge in [-0.1, -0.05) is 12.8 Å². The quantitative estimate of drug-likeness (QED) is 0.799. The zero-order chi connectivity index (χ0) is 15.1. The van der Waals surface area contributed by atoms with Gasteiger partial charge in [0.15, 0.2) is 0 Å². The van der Waals surface area contributed by atoms with Crippen molar-refractivity contribution in [2.45, 2.75) is 64.1 Å². The van der Waals surface area contributed by atoms with Crippen LogP contribution in [0.3, 0.4) is 0 Å². The van der Waals surface area contributed by atoms with Gasteiger partial charge in [-0.15, -0.1) is 0 Å². The highest BCUT2D eigenvalue weighted by Crippen LogP contribution is 2.13. The molecule has 2 rings (SSSR count). The largest absolute Gasteiger partial charge is 0.378 e. The van der Waals surface area contributed by atoms with E-state index < -0.39 is 0 Å². The molecular weight excluding hydrogens is 266 g/mol. The molecule has 5 nitrogen and oxygen atoms in total. The van der Waals surface area contributed by atoms with Gasteiger partial charge in [0.2, 0.25) is 5.91 Å². The summed E-state index contributed by atoms with van der Waals surface area (Å²) in [5.74, 6) is 0.207. The van der Waals surface area contributed by atoms with E-state index in [0.29, 0.717) is 25.3 Å². The Morgan fingerprint density at radius 3 is 2.81 bits per heavy atom. The van der Waals surface area contributed by atoms with Crippen molar-refractivity contribution < 1.29 is 9.53 Å². The molecule has 2 aliphatic rings. The Morgan fingerprint density at radius 2 is 2.05 bits per heavy atom. The normalized spacial score (nSPS) is 27.0. The van der Waals surface area contributed by atoms with Gasteiger partial charge in [0.25, 0.3) is 0 Å². The zero-order valence-electron chi connectivity index (χ0n) is 13.6. The molecule has 2 saturated heterocycles. The molecule has 0 aromatic carbocycles. The summed E-state index contributed by atoms with van der Waals surface area (Å²) < 4.78 is 5.30. The molecule has 0 bridgehead atoms. The number of nitrogens with zero attached hydrogens (tertiary/aromatic N) is 1. The highest BCUT2D eigenvalue weighted by atomic mass is 16.5. The third kappa shape index (κ3) is 5.57. The maximum Gasteiger partial charge on any atom is 0.239 e. The van der Waals surface area contributed by atoms with Crippen molar-refractivity contribution in [2.24, 2.45) is 0 Å². The van der Waals surface area contributed by atoms with E-state index in [-0.39, 0.29) is 11.9 Å². The van der Waals surface area contributed by atoms with E-state index in [1.165, 1.54) is 25.7 Å². The van der Waals surface area contributed by atoms with Gasteiger partial charge >= 0.3 is 0 Å². The summed E-state index contributed by atoms with van der Waals surface area (Å²) in [5.41, 5.74) is 0. The summed E-state index contributed by atoms with van der Waals surface area (Å²) in [6, 6.07) is 0.852. The molecule has 0 aliphatic carbocycles. The van der Waals surface area contributed by atoms with E-state index in [9.17, 15) is 4.79 Å². The third-order valence-electron chi connectivity index (χ3n) is 4.53. The van der Waals surface area contributed by atoms with Crippen LogP contribution < -0.4 is 10.6 Å². The minimum absolute atomic E-state index is 0.108. The van der Waals surface area contributed by atoms with E-state index in [1.807, 2.05) is 11.8 Å². The van der Waals surface area contributed by atoms with Crippen LogP contribution >= 0.6 is 0 Å². The highest BCUT2D eigenvalue weighted by Gasteiger charge is 2.24. The van der Waals surface area contributed by atoms with Crippen molar-refractivity contribution in [3.8, 4) is 0 Å². The molecule has 2 N–H and O–H groups in total. The fourth-order valence-electron chi connectivity index (χ4n) is 3.35. The second-order valence-electron chi connectivity index (χ2n) is 6.46. The van der Waals surface area contributed by atoms with Gasteiger partial charge in [-0.2, -0.15) is 0 Å². The molecule has 21 heavy (non-hydrogen) atoms. The van der Waals surface area contributed by atoms with Gasteiger partial charge in [-0.05, 0) is 39.7 Å². The first-order valence-electron chi connectivity index (χ1n) is 8.53. The molecule has 0 spiro atoms. The van der Waals surface area contributed by atoms with Crippen molar-refractivity contribution in [2.75, 3.05) is 32.8 Å². The third-order valence-corrected chi connectivity index (χ3v) is 4.53. The molecule has 3 unspecified atom stereocenters. The monoisotopic (exact) mass is 297 g/mol. The second kappa shape index (κ2) is 8.71. The van der Waals surface area contributed by atoms with Gasteiger partial charge in [-0.3, -0.25) is 4.79 Å². The smallest absolute Gasteiger partial charge is 0.239 e. The number of hydrogen-bond donors (Lipinski definition) is 2. The van der Waals surface area contributed by atoms with E-state index >= 15 is 0 Å². The summed E-state index contributed by atoms with van der Waals surface area (Å²) in [4.78, 5) is 14.3. The maximum atomic E-state index is 12.4. The minimum Gasteiger partial charge on any atom is -0.378 e. The number of amides is 1. The minimum atomic E-state index is -0.108. The number of nitrogens with one attached hydrogen (secondary N) is 2. The summed E-state index contributed by atoms with van der Waals surface area (Å²) >= 11 is 0. The standard InChI is InChI=1S/C16H31N3O2/c1-13(12-15-6-4-3-5-7-17-15)18-14(2)16(20)19-8-10-21-11-9-19/h13-15,17-18H,3-12H2,1-2H3. The second-order valence-corrected chi connectivity index (χ2v) is 6.46. The number of carbonyl (C=O) groups is 1. The molecule has 122 valence electrons. The average molecular weight is 297 g/mol. The van der Waals surface area contributed by atoms with Crippen LogP contribution in [0.5, 0.6) is 0 Å². The van der Waals surface area contributed by atoms with Crippen LogP contribution in [0.4, 0.5) is 0 Å². The first kappa shape index (κ1) is 16.7. The number of morpholine rings is 1. The molecule has 0 radical (unpaired) electrons. The van der Waals surface area contributed by atoms with Crippen molar-refractivity contribution in [1.82, 2.24) is 15.5 Å². The highest BCUT2D eigenvalue weighted by molar-refractivity contribution is 5.81. The molecular formula is C16H31N3O2. The fraction of sp³-hybridized carbons (Fsp3) is 0.938. The lowest BCUT2D eigenvalue weighted by atomic mass is 10.0. The number of hydrogen-bond acceptors (Lipinski definition) is 4. The topological polar surface area (TPSA) is 53.6 Å². The van der Waals surface area contributed by atoms with Crippen LogP contribution in [-0.2, 0) is 9.53 Å². The Morgan fingerprint density at radius 1 is 1.29 bits per heavy atom.